The van der Waals surface area contributed by atoms with Gasteiger partial charge >= 0.3 is 0 Å². The molecule has 0 amide bonds. The number of benzene rings is 1. The molecule has 2 atom stereocenters. The van der Waals surface area contributed by atoms with Gasteiger partial charge in [-0.05, 0) is 44.9 Å². The Bertz CT molecular complexity index is 473. The largest absolute Gasteiger partial charge is 0.325 e. The summed E-state index contributed by atoms with van der Waals surface area (Å²) in [6.45, 7) is 0. The first-order valence-electron chi connectivity index (χ1n) is 7.84. The van der Waals surface area contributed by atoms with Crippen LogP contribution in [0.5, 0.6) is 0 Å². The van der Waals surface area contributed by atoms with Gasteiger partial charge in [0.2, 0.25) is 5.96 Å². The molecule has 2 fully saturated rings. The highest BCUT2D eigenvalue weighted by atomic mass is 15.3. The Kier molecular flexibility index (Phi) is 4.41. The second-order valence-electron chi connectivity index (χ2n) is 6.14. The van der Waals surface area contributed by atoms with Gasteiger partial charge in [0.25, 0.3) is 0 Å². The highest BCUT2D eigenvalue weighted by Gasteiger charge is 2.35. The minimum absolute atomic E-state index is 0.360. The molecule has 5 heteroatoms. The molecule has 0 aromatic heterocycles. The Morgan fingerprint density at radius 1 is 1.19 bits per heavy atom. The van der Waals surface area contributed by atoms with Crippen molar-refractivity contribution in [1.82, 2.24) is 10.3 Å². The van der Waals surface area contributed by atoms with Gasteiger partial charge in [0, 0.05) is 17.8 Å². The Morgan fingerprint density at radius 2 is 1.86 bits per heavy atom. The number of guanidine groups is 1. The van der Waals surface area contributed by atoms with Crippen molar-refractivity contribution in [3.05, 3.63) is 30.3 Å². The molecule has 114 valence electrons. The predicted molar refractivity (Wildman–Crippen MR) is 87.0 cm³/mol. The van der Waals surface area contributed by atoms with Gasteiger partial charge in [-0.3, -0.25) is 5.43 Å². The molecule has 2 aliphatic heterocycles. The van der Waals surface area contributed by atoms with Crippen LogP contribution in [0.3, 0.4) is 0 Å². The van der Waals surface area contributed by atoms with Gasteiger partial charge in [0.1, 0.15) is 0 Å². The smallest absolute Gasteiger partial charge is 0.210 e. The molecule has 3 rings (SSSR count). The van der Waals surface area contributed by atoms with E-state index in [-0.39, 0.29) is 0 Å². The number of hydrazine groups is 1. The van der Waals surface area contributed by atoms with E-state index in [9.17, 15) is 0 Å². The van der Waals surface area contributed by atoms with Crippen LogP contribution >= 0.6 is 0 Å². The lowest BCUT2D eigenvalue weighted by atomic mass is 9.82. The van der Waals surface area contributed by atoms with E-state index in [1.807, 2.05) is 30.3 Å². The minimum Gasteiger partial charge on any atom is -0.325 e. The van der Waals surface area contributed by atoms with Crippen LogP contribution < -0.4 is 16.6 Å². The molecule has 0 spiro atoms. The number of nitrogens with two attached hydrogens (primary N) is 1. The third-order valence-corrected chi connectivity index (χ3v) is 4.80. The number of para-hydroxylation sites is 1. The van der Waals surface area contributed by atoms with Gasteiger partial charge in [-0.25, -0.2) is 10.8 Å². The number of fused-ring (bicyclic) bond motifs is 2. The minimum atomic E-state index is 0.360. The molecule has 5 nitrogen and oxygen atoms in total. The first-order valence-corrected chi connectivity index (χ1v) is 7.84. The van der Waals surface area contributed by atoms with Crippen molar-refractivity contribution in [3.63, 3.8) is 0 Å². The topological polar surface area (TPSA) is 65.7 Å². The van der Waals surface area contributed by atoms with E-state index in [4.69, 9.17) is 10.8 Å². The monoisotopic (exact) mass is 287 g/mol. The van der Waals surface area contributed by atoms with Gasteiger partial charge in [0.15, 0.2) is 0 Å². The first kappa shape index (κ1) is 14.4. The molecular weight excluding hydrogens is 262 g/mol. The van der Waals surface area contributed by atoms with Crippen LogP contribution in [0.1, 0.15) is 32.1 Å². The number of rotatable bonds is 2. The van der Waals surface area contributed by atoms with E-state index < -0.39 is 0 Å². The number of aliphatic imine (C=N–C) groups is 1. The summed E-state index contributed by atoms with van der Waals surface area (Å²) in [7, 11) is 2.26. The quantitative estimate of drug-likeness (QED) is 0.336. The predicted octanol–water partition coefficient (Wildman–Crippen LogP) is 1.93. The van der Waals surface area contributed by atoms with Crippen molar-refractivity contribution >= 4 is 11.6 Å². The third kappa shape index (κ3) is 3.36. The van der Waals surface area contributed by atoms with Crippen LogP contribution in [0, 0.1) is 0 Å². The van der Waals surface area contributed by atoms with Crippen LogP contribution in [0.25, 0.3) is 0 Å². The number of nitrogens with one attached hydrogen (secondary N) is 2. The fourth-order valence-electron chi connectivity index (χ4n) is 3.64. The van der Waals surface area contributed by atoms with E-state index >= 15 is 0 Å². The van der Waals surface area contributed by atoms with E-state index in [0.29, 0.717) is 24.1 Å². The lowest BCUT2D eigenvalue weighted by Gasteiger charge is -2.46. The zero-order valence-corrected chi connectivity index (χ0v) is 12.6. The zero-order chi connectivity index (χ0) is 14.7. The van der Waals surface area contributed by atoms with E-state index in [1.54, 1.807) is 0 Å². The summed E-state index contributed by atoms with van der Waals surface area (Å²) < 4.78 is 0. The maximum Gasteiger partial charge on any atom is 0.210 e. The van der Waals surface area contributed by atoms with Gasteiger partial charge in [0.05, 0.1) is 6.04 Å². The molecule has 1 aromatic rings. The van der Waals surface area contributed by atoms with Crippen LogP contribution in [0.2, 0.25) is 0 Å². The van der Waals surface area contributed by atoms with E-state index in [1.165, 1.54) is 19.3 Å². The first-order chi connectivity index (χ1) is 10.3. The number of piperidine rings is 2. The molecule has 0 saturated carbocycles. The van der Waals surface area contributed by atoms with Crippen LogP contribution in [-0.4, -0.2) is 36.0 Å². The van der Waals surface area contributed by atoms with E-state index in [2.05, 4.69) is 22.7 Å². The maximum atomic E-state index is 5.63. The van der Waals surface area contributed by atoms with Crippen molar-refractivity contribution in [2.24, 2.45) is 10.8 Å². The van der Waals surface area contributed by atoms with Gasteiger partial charge in [-0.15, -0.1) is 0 Å². The fourth-order valence-corrected chi connectivity index (χ4v) is 3.64. The average molecular weight is 287 g/mol. The summed E-state index contributed by atoms with van der Waals surface area (Å²) in [5.41, 5.74) is 3.70. The summed E-state index contributed by atoms with van der Waals surface area (Å²) in [4.78, 5) is 7.36. The summed E-state index contributed by atoms with van der Waals surface area (Å²) >= 11 is 0. The highest BCUT2D eigenvalue weighted by Crippen LogP contribution is 2.33. The Labute approximate surface area is 126 Å². The SMILES string of the molecule is CN1C2CCCC1CC(N=C(NN)Nc1ccccc1)C2. The average Bonchev–Trinajstić information content (AvgIpc) is 2.48. The normalized spacial score (nSPS) is 30.0. The van der Waals surface area contributed by atoms with E-state index in [0.717, 1.165) is 18.5 Å². The summed E-state index contributed by atoms with van der Waals surface area (Å²) in [5, 5.41) is 3.25. The number of nitrogens with zero attached hydrogens (tertiary/aromatic N) is 2. The molecule has 0 aliphatic carbocycles. The van der Waals surface area contributed by atoms with Crippen LogP contribution in [-0.2, 0) is 0 Å². The van der Waals surface area contributed by atoms with Crippen molar-refractivity contribution in [1.29, 1.82) is 0 Å². The zero-order valence-electron chi connectivity index (χ0n) is 12.6. The molecule has 2 unspecified atom stereocenters. The third-order valence-electron chi connectivity index (χ3n) is 4.80. The molecular formula is C16H25N5. The highest BCUT2D eigenvalue weighted by molar-refractivity contribution is 5.93. The maximum absolute atomic E-state index is 5.63. The van der Waals surface area contributed by atoms with Crippen molar-refractivity contribution < 1.29 is 0 Å². The summed E-state index contributed by atoms with van der Waals surface area (Å²) in [6.07, 6.45) is 6.23. The molecule has 4 N–H and O–H groups in total. The molecule has 1 aromatic carbocycles. The van der Waals surface area contributed by atoms with Crippen molar-refractivity contribution in [2.45, 2.75) is 50.2 Å². The number of hydrogen-bond acceptors (Lipinski definition) is 3. The molecule has 2 bridgehead atoms. The molecule has 0 radical (unpaired) electrons. The standard InChI is InChI=1S/C16H25N5/c1-21-14-8-5-9-15(21)11-13(10-14)19-16(20-17)18-12-6-3-2-4-7-12/h2-4,6-7,13-15H,5,8-11,17H2,1H3,(H2,18,19,20). The lowest BCUT2D eigenvalue weighted by Crippen LogP contribution is -2.51. The van der Waals surface area contributed by atoms with Gasteiger partial charge < -0.3 is 10.2 Å². The van der Waals surface area contributed by atoms with Crippen LogP contribution in [0.15, 0.2) is 35.3 Å². The van der Waals surface area contributed by atoms with Crippen molar-refractivity contribution in [2.75, 3.05) is 12.4 Å². The second-order valence-corrected chi connectivity index (χ2v) is 6.14. The second kappa shape index (κ2) is 6.45. The number of anilines is 1. The summed E-state index contributed by atoms with van der Waals surface area (Å²) in [5.74, 6) is 6.29. The van der Waals surface area contributed by atoms with Gasteiger partial charge in [-0.1, -0.05) is 24.6 Å². The Morgan fingerprint density at radius 3 is 2.48 bits per heavy atom. The van der Waals surface area contributed by atoms with Gasteiger partial charge in [-0.2, -0.15) is 0 Å². The molecule has 2 saturated heterocycles. The Balaban J connectivity index is 1.68. The fraction of sp³-hybridized carbons (Fsp3) is 0.562. The number of hydrogen-bond donors (Lipinski definition) is 3. The lowest BCUT2D eigenvalue weighted by molar-refractivity contribution is 0.0574. The summed E-state index contributed by atoms with van der Waals surface area (Å²) in [6, 6.07) is 11.7. The Hall–Kier alpha value is -1.59. The van der Waals surface area contributed by atoms with Crippen LogP contribution in [0.4, 0.5) is 5.69 Å². The molecule has 2 heterocycles. The molecule has 2 aliphatic rings. The molecule has 21 heavy (non-hydrogen) atoms. The van der Waals surface area contributed by atoms with Crippen molar-refractivity contribution in [3.8, 4) is 0 Å².